The third kappa shape index (κ3) is 6.26. The fourth-order valence-electron chi connectivity index (χ4n) is 6.73. The van der Waals surface area contributed by atoms with E-state index in [0.29, 0.717) is 0 Å². The Labute approximate surface area is 279 Å². The number of fused-ring (bicyclic) bond motifs is 3. The van der Waals surface area contributed by atoms with E-state index in [-0.39, 0.29) is 0 Å². The number of benzene rings is 6. The number of para-hydroxylation sites is 2. The molecule has 47 heavy (non-hydrogen) atoms. The molecule has 0 amide bonds. The van der Waals surface area contributed by atoms with Crippen LogP contribution in [0.1, 0.15) is 43.7 Å². The van der Waals surface area contributed by atoms with Gasteiger partial charge >= 0.3 is 0 Å². The van der Waals surface area contributed by atoms with Crippen molar-refractivity contribution in [3.05, 3.63) is 157 Å². The van der Waals surface area contributed by atoms with E-state index in [2.05, 4.69) is 181 Å². The molecule has 0 aliphatic heterocycles. The molecule has 3 heteroatoms. The minimum absolute atomic E-state index is 1.01. The van der Waals surface area contributed by atoms with Crippen LogP contribution in [0.2, 0.25) is 0 Å². The van der Waals surface area contributed by atoms with Gasteiger partial charge in [0.25, 0.3) is 0 Å². The highest BCUT2D eigenvalue weighted by Gasteiger charge is 2.19. The Morgan fingerprint density at radius 2 is 0.830 bits per heavy atom. The van der Waals surface area contributed by atoms with Crippen LogP contribution in [-0.4, -0.2) is 4.57 Å². The summed E-state index contributed by atoms with van der Waals surface area (Å²) >= 11 is 0. The highest BCUT2D eigenvalue weighted by atomic mass is 15.1. The number of anilines is 6. The van der Waals surface area contributed by atoms with Gasteiger partial charge in [-0.1, -0.05) is 98.0 Å². The van der Waals surface area contributed by atoms with E-state index in [0.717, 1.165) is 40.7 Å². The molecule has 0 radical (unpaired) electrons. The van der Waals surface area contributed by atoms with Gasteiger partial charge in [-0.3, -0.25) is 0 Å². The molecule has 0 aliphatic carbocycles. The van der Waals surface area contributed by atoms with Crippen molar-refractivity contribution >= 4 is 55.9 Å². The van der Waals surface area contributed by atoms with Gasteiger partial charge in [0.2, 0.25) is 0 Å². The van der Waals surface area contributed by atoms with Gasteiger partial charge in [-0.05, 0) is 105 Å². The van der Waals surface area contributed by atoms with Crippen molar-refractivity contribution in [3.8, 4) is 0 Å². The Bertz CT molecular complexity index is 1930. The van der Waals surface area contributed by atoms with Crippen molar-refractivity contribution in [1.29, 1.82) is 0 Å². The van der Waals surface area contributed by atoms with E-state index in [9.17, 15) is 0 Å². The van der Waals surface area contributed by atoms with Crippen LogP contribution in [0.25, 0.3) is 21.8 Å². The first-order chi connectivity index (χ1) is 23.1. The van der Waals surface area contributed by atoms with Gasteiger partial charge in [-0.15, -0.1) is 0 Å². The third-order valence-electron chi connectivity index (χ3n) is 9.20. The first-order valence-corrected chi connectivity index (χ1v) is 17.0. The quantitative estimate of drug-likeness (QED) is 0.134. The zero-order chi connectivity index (χ0) is 32.2. The summed E-state index contributed by atoms with van der Waals surface area (Å²) in [5, 5.41) is 2.56. The third-order valence-corrected chi connectivity index (χ3v) is 9.20. The number of unbranched alkanes of at least 4 members (excludes halogenated alkanes) is 3. The summed E-state index contributed by atoms with van der Waals surface area (Å²) in [6, 6.07) is 53.1. The summed E-state index contributed by atoms with van der Waals surface area (Å²) in [7, 11) is 0. The number of aromatic nitrogens is 1. The molecule has 0 spiro atoms. The molecule has 0 saturated carbocycles. The Morgan fingerprint density at radius 1 is 0.426 bits per heavy atom. The normalized spacial score (nSPS) is 11.3. The molecule has 7 rings (SSSR count). The number of hydrogen-bond donors (Lipinski definition) is 0. The van der Waals surface area contributed by atoms with Gasteiger partial charge in [-0.25, -0.2) is 0 Å². The lowest BCUT2D eigenvalue weighted by molar-refractivity contribution is 0.602. The van der Waals surface area contributed by atoms with E-state index < -0.39 is 0 Å². The molecular weight excluding hydrogens is 571 g/mol. The SMILES string of the molecule is CCCCCCn1c2ccc(N(c3ccccc3)c3ccc(C)cc3)cc2c2cc(N(c3ccccc3)c3ccc(C)cc3)ccc21. The molecule has 7 aromatic rings. The predicted octanol–water partition coefficient (Wildman–Crippen LogP) is 12.9. The predicted molar refractivity (Wildman–Crippen MR) is 202 cm³/mol. The zero-order valence-electron chi connectivity index (χ0n) is 27.7. The van der Waals surface area contributed by atoms with E-state index in [1.165, 1.54) is 58.6 Å². The average Bonchev–Trinajstić information content (AvgIpc) is 3.42. The highest BCUT2D eigenvalue weighted by molar-refractivity contribution is 6.11. The van der Waals surface area contributed by atoms with Crippen LogP contribution in [0.5, 0.6) is 0 Å². The van der Waals surface area contributed by atoms with Crippen molar-refractivity contribution in [3.63, 3.8) is 0 Å². The van der Waals surface area contributed by atoms with Crippen LogP contribution >= 0.6 is 0 Å². The van der Waals surface area contributed by atoms with Gasteiger partial charge < -0.3 is 14.4 Å². The topological polar surface area (TPSA) is 11.4 Å². The Kier molecular flexibility index (Phi) is 8.79. The summed E-state index contributed by atoms with van der Waals surface area (Å²) in [4.78, 5) is 4.74. The van der Waals surface area contributed by atoms with Crippen LogP contribution < -0.4 is 9.80 Å². The van der Waals surface area contributed by atoms with Gasteiger partial charge in [0, 0.05) is 62.5 Å². The van der Waals surface area contributed by atoms with Crippen LogP contribution in [0.15, 0.2) is 146 Å². The van der Waals surface area contributed by atoms with Crippen LogP contribution in [-0.2, 0) is 6.54 Å². The van der Waals surface area contributed by atoms with Gasteiger partial charge in [-0.2, -0.15) is 0 Å². The molecule has 0 atom stereocenters. The largest absolute Gasteiger partial charge is 0.340 e. The molecule has 0 N–H and O–H groups in total. The van der Waals surface area contributed by atoms with E-state index in [1.807, 2.05) is 0 Å². The second-order valence-corrected chi connectivity index (χ2v) is 12.6. The maximum atomic E-state index is 2.55. The molecule has 234 valence electrons. The van der Waals surface area contributed by atoms with Crippen LogP contribution in [0.3, 0.4) is 0 Å². The van der Waals surface area contributed by atoms with Crippen molar-refractivity contribution < 1.29 is 0 Å². The molecule has 6 aromatic carbocycles. The molecular formula is C44H43N3. The first-order valence-electron chi connectivity index (χ1n) is 17.0. The van der Waals surface area contributed by atoms with Crippen molar-refractivity contribution in [2.24, 2.45) is 0 Å². The summed E-state index contributed by atoms with van der Waals surface area (Å²) in [5.41, 5.74) is 12.0. The molecule has 3 nitrogen and oxygen atoms in total. The number of aryl methyl sites for hydroxylation is 3. The summed E-state index contributed by atoms with van der Waals surface area (Å²) < 4.78 is 2.55. The van der Waals surface area contributed by atoms with E-state index in [4.69, 9.17) is 0 Å². The summed E-state index contributed by atoms with van der Waals surface area (Å²) in [6.45, 7) is 7.58. The fourth-order valence-corrected chi connectivity index (χ4v) is 6.73. The van der Waals surface area contributed by atoms with Gasteiger partial charge in [0.1, 0.15) is 0 Å². The highest BCUT2D eigenvalue weighted by Crippen LogP contribution is 2.42. The van der Waals surface area contributed by atoms with E-state index >= 15 is 0 Å². The lowest BCUT2D eigenvalue weighted by Crippen LogP contribution is -2.10. The molecule has 1 heterocycles. The molecule has 0 unspecified atom stereocenters. The second kappa shape index (κ2) is 13.6. The van der Waals surface area contributed by atoms with Crippen molar-refractivity contribution in [2.75, 3.05) is 9.80 Å². The molecule has 0 aliphatic rings. The van der Waals surface area contributed by atoms with Crippen molar-refractivity contribution in [2.45, 2.75) is 53.0 Å². The lowest BCUT2D eigenvalue weighted by Gasteiger charge is -2.26. The van der Waals surface area contributed by atoms with Gasteiger partial charge in [0.05, 0.1) is 0 Å². The smallest absolute Gasteiger partial charge is 0.0492 e. The Morgan fingerprint density at radius 3 is 1.26 bits per heavy atom. The van der Waals surface area contributed by atoms with Gasteiger partial charge in [0.15, 0.2) is 0 Å². The zero-order valence-corrected chi connectivity index (χ0v) is 27.7. The standard InChI is InChI=1S/C44H43N3/c1-4-5-6-13-30-45-43-28-26-39(46(35-14-9-7-10-15-35)37-22-18-33(2)19-23-37)31-41(43)42-32-40(27-29-44(42)45)47(36-16-11-8-12-17-36)38-24-20-34(3)21-25-38/h7-12,14-29,31-32H,4-6,13,30H2,1-3H3. The monoisotopic (exact) mass is 613 g/mol. The number of rotatable bonds is 11. The molecule has 0 bridgehead atoms. The Balaban J connectivity index is 1.43. The Hall–Kier alpha value is -5.28. The first kappa shape index (κ1) is 30.4. The molecule has 0 fully saturated rings. The number of nitrogens with zero attached hydrogens (tertiary/aromatic N) is 3. The van der Waals surface area contributed by atoms with Crippen LogP contribution in [0.4, 0.5) is 34.1 Å². The van der Waals surface area contributed by atoms with Crippen molar-refractivity contribution in [1.82, 2.24) is 4.57 Å². The summed E-state index contributed by atoms with van der Waals surface area (Å²) in [6.07, 6.45) is 4.94. The number of hydrogen-bond acceptors (Lipinski definition) is 2. The average molecular weight is 614 g/mol. The minimum Gasteiger partial charge on any atom is -0.340 e. The minimum atomic E-state index is 1.01. The lowest BCUT2D eigenvalue weighted by atomic mass is 10.1. The fraction of sp³-hybridized carbons (Fsp3) is 0.182. The maximum Gasteiger partial charge on any atom is 0.0492 e. The second-order valence-electron chi connectivity index (χ2n) is 12.6. The van der Waals surface area contributed by atoms with E-state index in [1.54, 1.807) is 0 Å². The maximum absolute atomic E-state index is 2.55. The molecule has 1 aromatic heterocycles. The summed E-state index contributed by atoms with van der Waals surface area (Å²) in [5.74, 6) is 0. The van der Waals surface area contributed by atoms with Crippen LogP contribution in [0, 0.1) is 13.8 Å². The molecule has 0 saturated heterocycles.